The van der Waals surface area contributed by atoms with Crippen molar-refractivity contribution in [2.75, 3.05) is 37.4 Å². The third-order valence-corrected chi connectivity index (χ3v) is 2.71. The van der Waals surface area contributed by atoms with Crippen molar-refractivity contribution in [2.24, 2.45) is 5.92 Å². The third kappa shape index (κ3) is 2.82. The van der Waals surface area contributed by atoms with Gasteiger partial charge in [0.25, 0.3) is 0 Å². The Morgan fingerprint density at radius 2 is 2.53 bits per heavy atom. The van der Waals surface area contributed by atoms with Crippen LogP contribution in [0.15, 0.2) is 6.20 Å². The van der Waals surface area contributed by atoms with Gasteiger partial charge in [0.1, 0.15) is 17.5 Å². The van der Waals surface area contributed by atoms with Crippen LogP contribution in [0.25, 0.3) is 0 Å². The van der Waals surface area contributed by atoms with Crippen molar-refractivity contribution in [1.82, 2.24) is 9.97 Å². The Labute approximate surface area is 100 Å². The minimum atomic E-state index is 0.461. The van der Waals surface area contributed by atoms with Crippen LogP contribution in [0.1, 0.15) is 12.0 Å². The zero-order valence-corrected chi connectivity index (χ0v) is 9.73. The second-order valence-electron chi connectivity index (χ2n) is 3.93. The molecule has 2 N–H and O–H groups in total. The van der Waals surface area contributed by atoms with Crippen LogP contribution in [0.5, 0.6) is 0 Å². The first-order chi connectivity index (χ1) is 8.33. The van der Waals surface area contributed by atoms with Crippen LogP contribution in [-0.4, -0.2) is 36.8 Å². The predicted octanol–water partition coefficient (Wildman–Crippen LogP) is 0.838. The Morgan fingerprint density at radius 1 is 1.65 bits per heavy atom. The lowest BCUT2D eigenvalue weighted by molar-refractivity contribution is 0.187. The molecule has 17 heavy (non-hydrogen) atoms. The monoisotopic (exact) mass is 233 g/mol. The van der Waals surface area contributed by atoms with Crippen LogP contribution in [0.4, 0.5) is 11.8 Å². The van der Waals surface area contributed by atoms with Crippen LogP contribution in [-0.2, 0) is 4.74 Å². The summed E-state index contributed by atoms with van der Waals surface area (Å²) in [5.74, 6) is 1.59. The van der Waals surface area contributed by atoms with Crippen molar-refractivity contribution >= 4 is 11.8 Å². The van der Waals surface area contributed by atoms with Crippen molar-refractivity contribution in [3.63, 3.8) is 0 Å². The Morgan fingerprint density at radius 3 is 3.18 bits per heavy atom. The molecule has 2 heterocycles. The molecule has 6 heteroatoms. The number of hydrogen-bond acceptors (Lipinski definition) is 6. The van der Waals surface area contributed by atoms with E-state index < -0.39 is 0 Å². The fourth-order valence-electron chi connectivity index (χ4n) is 1.70. The molecule has 1 fully saturated rings. The highest BCUT2D eigenvalue weighted by atomic mass is 16.5. The fourth-order valence-corrected chi connectivity index (χ4v) is 1.70. The molecular weight excluding hydrogens is 218 g/mol. The van der Waals surface area contributed by atoms with Gasteiger partial charge in [-0.2, -0.15) is 10.2 Å². The Hall–Kier alpha value is -1.87. The molecule has 0 radical (unpaired) electrons. The SMILES string of the molecule is CNc1ncc(C#N)c(NCC2CCOC2)n1. The summed E-state index contributed by atoms with van der Waals surface area (Å²) in [5, 5.41) is 15.0. The summed E-state index contributed by atoms with van der Waals surface area (Å²) in [4.78, 5) is 8.23. The summed E-state index contributed by atoms with van der Waals surface area (Å²) in [6, 6.07) is 2.08. The van der Waals surface area contributed by atoms with E-state index in [0.29, 0.717) is 23.2 Å². The van der Waals surface area contributed by atoms with Gasteiger partial charge in [-0.25, -0.2) is 4.98 Å². The number of anilines is 2. The lowest BCUT2D eigenvalue weighted by Crippen LogP contribution is -2.16. The number of rotatable bonds is 4. The molecule has 1 atom stereocenters. The maximum Gasteiger partial charge on any atom is 0.224 e. The first-order valence-corrected chi connectivity index (χ1v) is 5.60. The molecule has 1 aromatic heterocycles. The third-order valence-electron chi connectivity index (χ3n) is 2.71. The van der Waals surface area contributed by atoms with Gasteiger partial charge >= 0.3 is 0 Å². The molecular formula is C11H15N5O. The number of ether oxygens (including phenoxy) is 1. The van der Waals surface area contributed by atoms with Gasteiger partial charge in [0.05, 0.1) is 12.8 Å². The van der Waals surface area contributed by atoms with E-state index in [1.54, 1.807) is 7.05 Å². The van der Waals surface area contributed by atoms with Crippen LogP contribution >= 0.6 is 0 Å². The average molecular weight is 233 g/mol. The molecule has 0 saturated carbocycles. The van der Waals surface area contributed by atoms with E-state index in [-0.39, 0.29) is 0 Å². The van der Waals surface area contributed by atoms with Gasteiger partial charge in [-0.05, 0) is 6.42 Å². The second kappa shape index (κ2) is 5.46. The molecule has 1 aliphatic rings. The summed E-state index contributed by atoms with van der Waals surface area (Å²) in [6.07, 6.45) is 2.57. The normalized spacial score (nSPS) is 18.7. The van der Waals surface area contributed by atoms with Gasteiger partial charge in [-0.3, -0.25) is 0 Å². The Kier molecular flexibility index (Phi) is 3.73. The summed E-state index contributed by atoms with van der Waals surface area (Å²) in [7, 11) is 1.75. The average Bonchev–Trinajstić information content (AvgIpc) is 2.89. The zero-order chi connectivity index (χ0) is 12.1. The van der Waals surface area contributed by atoms with E-state index in [4.69, 9.17) is 10.00 Å². The van der Waals surface area contributed by atoms with Crippen LogP contribution in [0.2, 0.25) is 0 Å². The van der Waals surface area contributed by atoms with Gasteiger partial charge in [0.15, 0.2) is 0 Å². The summed E-state index contributed by atoms with van der Waals surface area (Å²) < 4.78 is 5.30. The molecule has 1 unspecified atom stereocenters. The van der Waals surface area contributed by atoms with Crippen LogP contribution in [0.3, 0.4) is 0 Å². The molecule has 0 amide bonds. The van der Waals surface area contributed by atoms with Gasteiger partial charge in [-0.15, -0.1) is 0 Å². The van der Waals surface area contributed by atoms with E-state index in [1.165, 1.54) is 6.20 Å². The van der Waals surface area contributed by atoms with Crippen molar-refractivity contribution in [3.8, 4) is 6.07 Å². The lowest BCUT2D eigenvalue weighted by Gasteiger charge is -2.11. The molecule has 1 saturated heterocycles. The molecule has 1 aromatic rings. The summed E-state index contributed by atoms with van der Waals surface area (Å²) >= 11 is 0. The van der Waals surface area contributed by atoms with E-state index in [0.717, 1.165) is 26.2 Å². The molecule has 0 bridgehead atoms. The van der Waals surface area contributed by atoms with Gasteiger partial charge in [0.2, 0.25) is 5.95 Å². The maximum atomic E-state index is 8.96. The lowest BCUT2D eigenvalue weighted by atomic mass is 10.1. The molecule has 0 aliphatic carbocycles. The highest BCUT2D eigenvalue weighted by molar-refractivity contribution is 5.53. The number of hydrogen-bond donors (Lipinski definition) is 2. The largest absolute Gasteiger partial charge is 0.381 e. The first kappa shape index (κ1) is 11.6. The number of aromatic nitrogens is 2. The van der Waals surface area contributed by atoms with Gasteiger partial charge in [0, 0.05) is 26.1 Å². The Balaban J connectivity index is 2.04. The fraction of sp³-hybridized carbons (Fsp3) is 0.545. The second-order valence-corrected chi connectivity index (χ2v) is 3.93. The maximum absolute atomic E-state index is 8.96. The first-order valence-electron chi connectivity index (χ1n) is 5.60. The highest BCUT2D eigenvalue weighted by Gasteiger charge is 2.16. The van der Waals surface area contributed by atoms with Crippen LogP contribution in [0, 0.1) is 17.2 Å². The van der Waals surface area contributed by atoms with Crippen molar-refractivity contribution in [1.29, 1.82) is 5.26 Å². The topological polar surface area (TPSA) is 82.9 Å². The standard InChI is InChI=1S/C11H15N5O/c1-13-11-15-6-9(4-12)10(16-11)14-5-8-2-3-17-7-8/h6,8H,2-3,5,7H2,1H3,(H2,13,14,15,16). The predicted molar refractivity (Wildman–Crippen MR) is 63.7 cm³/mol. The summed E-state index contributed by atoms with van der Waals surface area (Å²) in [6.45, 7) is 2.37. The molecule has 90 valence electrons. The minimum Gasteiger partial charge on any atom is -0.381 e. The Bertz CT molecular complexity index is 422. The zero-order valence-electron chi connectivity index (χ0n) is 9.73. The number of nitriles is 1. The van der Waals surface area contributed by atoms with E-state index in [1.807, 2.05) is 0 Å². The molecule has 1 aliphatic heterocycles. The van der Waals surface area contributed by atoms with E-state index >= 15 is 0 Å². The van der Waals surface area contributed by atoms with E-state index in [2.05, 4.69) is 26.7 Å². The number of nitrogens with zero attached hydrogens (tertiary/aromatic N) is 3. The minimum absolute atomic E-state index is 0.461. The van der Waals surface area contributed by atoms with Crippen molar-refractivity contribution in [2.45, 2.75) is 6.42 Å². The molecule has 6 nitrogen and oxygen atoms in total. The van der Waals surface area contributed by atoms with E-state index in [9.17, 15) is 0 Å². The molecule has 2 rings (SSSR count). The summed E-state index contributed by atoms with van der Waals surface area (Å²) in [5.41, 5.74) is 0.461. The smallest absolute Gasteiger partial charge is 0.224 e. The molecule has 0 aromatic carbocycles. The number of nitrogens with one attached hydrogen (secondary N) is 2. The van der Waals surface area contributed by atoms with Gasteiger partial charge in [-0.1, -0.05) is 0 Å². The quantitative estimate of drug-likeness (QED) is 0.801. The highest BCUT2D eigenvalue weighted by Crippen LogP contribution is 2.16. The van der Waals surface area contributed by atoms with Crippen LogP contribution < -0.4 is 10.6 Å². The van der Waals surface area contributed by atoms with Crippen molar-refractivity contribution in [3.05, 3.63) is 11.8 Å². The van der Waals surface area contributed by atoms with Crippen molar-refractivity contribution < 1.29 is 4.74 Å². The van der Waals surface area contributed by atoms with Gasteiger partial charge < -0.3 is 15.4 Å². The molecule has 0 spiro atoms.